The van der Waals surface area contributed by atoms with Gasteiger partial charge in [0.25, 0.3) is 5.91 Å². The van der Waals surface area contributed by atoms with E-state index in [1.54, 1.807) is 0 Å². The molecule has 1 atom stereocenters. The van der Waals surface area contributed by atoms with Gasteiger partial charge in [0.15, 0.2) is 0 Å². The Hall–Kier alpha value is -1.88. The maximum Gasteiger partial charge on any atom is 0.251 e. The van der Waals surface area contributed by atoms with E-state index in [4.69, 9.17) is 4.74 Å². The van der Waals surface area contributed by atoms with Crippen LogP contribution in [0.15, 0.2) is 24.3 Å². The van der Waals surface area contributed by atoms with Crippen LogP contribution >= 0.6 is 0 Å². The molecule has 24 heavy (non-hydrogen) atoms. The summed E-state index contributed by atoms with van der Waals surface area (Å²) in [6.07, 6.45) is 2.79. The zero-order valence-electron chi connectivity index (χ0n) is 14.4. The fourth-order valence-electron chi connectivity index (χ4n) is 3.45. The number of ether oxygens (including phenoxy) is 1. The third-order valence-electron chi connectivity index (χ3n) is 4.97. The molecule has 2 amide bonds. The van der Waals surface area contributed by atoms with Crippen LogP contribution in [0.25, 0.3) is 0 Å². The molecule has 0 aliphatic carbocycles. The fourth-order valence-corrected chi connectivity index (χ4v) is 3.45. The lowest BCUT2D eigenvalue weighted by Crippen LogP contribution is -2.42. The molecule has 0 saturated carbocycles. The van der Waals surface area contributed by atoms with Crippen molar-refractivity contribution in [3.8, 4) is 0 Å². The van der Waals surface area contributed by atoms with E-state index in [-0.39, 0.29) is 17.9 Å². The second-order valence-corrected chi connectivity index (χ2v) is 6.66. The SMILES string of the molecule is Cc1ccccc1CC(=O)N1CCCN(C(=O)C2CCCO2)CC1. The number of carbonyl (C=O) groups excluding carboxylic acids is 2. The first-order valence-corrected chi connectivity index (χ1v) is 8.88. The molecule has 1 aromatic carbocycles. The van der Waals surface area contributed by atoms with Crippen LogP contribution in [0.5, 0.6) is 0 Å². The quantitative estimate of drug-likeness (QED) is 0.849. The van der Waals surface area contributed by atoms with Crippen LogP contribution in [0, 0.1) is 6.92 Å². The zero-order chi connectivity index (χ0) is 16.9. The second-order valence-electron chi connectivity index (χ2n) is 6.66. The number of hydrogen-bond acceptors (Lipinski definition) is 3. The maximum atomic E-state index is 12.6. The molecule has 0 radical (unpaired) electrons. The van der Waals surface area contributed by atoms with Crippen molar-refractivity contribution in [1.82, 2.24) is 9.80 Å². The van der Waals surface area contributed by atoms with E-state index in [1.807, 2.05) is 41.0 Å². The van der Waals surface area contributed by atoms with Gasteiger partial charge in [-0.15, -0.1) is 0 Å². The van der Waals surface area contributed by atoms with Gasteiger partial charge in [-0.2, -0.15) is 0 Å². The molecule has 1 unspecified atom stereocenters. The lowest BCUT2D eigenvalue weighted by atomic mass is 10.1. The van der Waals surface area contributed by atoms with E-state index in [1.165, 1.54) is 0 Å². The Morgan fingerprint density at radius 3 is 2.58 bits per heavy atom. The summed E-state index contributed by atoms with van der Waals surface area (Å²) in [4.78, 5) is 28.8. The van der Waals surface area contributed by atoms with Crippen molar-refractivity contribution in [1.29, 1.82) is 0 Å². The van der Waals surface area contributed by atoms with Crippen LogP contribution in [0.1, 0.15) is 30.4 Å². The van der Waals surface area contributed by atoms with E-state index in [9.17, 15) is 9.59 Å². The molecule has 2 heterocycles. The minimum atomic E-state index is -0.265. The van der Waals surface area contributed by atoms with Gasteiger partial charge in [-0.05, 0) is 37.3 Å². The summed E-state index contributed by atoms with van der Waals surface area (Å²) in [5, 5.41) is 0. The summed E-state index contributed by atoms with van der Waals surface area (Å²) in [5.74, 6) is 0.247. The largest absolute Gasteiger partial charge is 0.368 e. The highest BCUT2D eigenvalue weighted by Crippen LogP contribution is 2.17. The Balaban J connectivity index is 1.56. The van der Waals surface area contributed by atoms with Crippen LogP contribution in [-0.2, 0) is 20.7 Å². The molecule has 5 heteroatoms. The molecule has 0 bridgehead atoms. The number of hydrogen-bond donors (Lipinski definition) is 0. The zero-order valence-corrected chi connectivity index (χ0v) is 14.4. The summed E-state index contributed by atoms with van der Waals surface area (Å²) >= 11 is 0. The van der Waals surface area contributed by atoms with Crippen molar-refractivity contribution in [2.24, 2.45) is 0 Å². The molecule has 2 saturated heterocycles. The number of rotatable bonds is 3. The molecule has 2 fully saturated rings. The van der Waals surface area contributed by atoms with E-state index in [2.05, 4.69) is 0 Å². The van der Waals surface area contributed by atoms with Gasteiger partial charge in [-0.25, -0.2) is 0 Å². The van der Waals surface area contributed by atoms with Crippen LogP contribution in [0.2, 0.25) is 0 Å². The number of nitrogens with zero attached hydrogens (tertiary/aromatic N) is 2. The third kappa shape index (κ3) is 3.96. The average Bonchev–Trinajstić information content (AvgIpc) is 3.00. The van der Waals surface area contributed by atoms with E-state index in [0.717, 1.165) is 36.9 Å². The van der Waals surface area contributed by atoms with Gasteiger partial charge in [0.2, 0.25) is 5.91 Å². The highest BCUT2D eigenvalue weighted by Gasteiger charge is 2.30. The van der Waals surface area contributed by atoms with Crippen molar-refractivity contribution in [3.63, 3.8) is 0 Å². The van der Waals surface area contributed by atoms with Gasteiger partial charge < -0.3 is 14.5 Å². The van der Waals surface area contributed by atoms with Crippen molar-refractivity contribution < 1.29 is 14.3 Å². The number of amides is 2. The predicted octanol–water partition coefficient (Wildman–Crippen LogP) is 1.78. The topological polar surface area (TPSA) is 49.9 Å². The molecular formula is C19H26N2O3. The van der Waals surface area contributed by atoms with E-state index in [0.29, 0.717) is 32.7 Å². The molecular weight excluding hydrogens is 304 g/mol. The lowest BCUT2D eigenvalue weighted by Gasteiger charge is -2.24. The molecule has 5 nitrogen and oxygen atoms in total. The fraction of sp³-hybridized carbons (Fsp3) is 0.579. The molecule has 0 N–H and O–H groups in total. The normalized spacial score (nSPS) is 21.6. The summed E-state index contributed by atoms with van der Waals surface area (Å²) in [5.41, 5.74) is 2.23. The molecule has 130 valence electrons. The summed E-state index contributed by atoms with van der Waals surface area (Å²) in [7, 11) is 0. The first-order chi connectivity index (χ1) is 11.6. The van der Waals surface area contributed by atoms with Crippen molar-refractivity contribution in [2.75, 3.05) is 32.8 Å². The van der Waals surface area contributed by atoms with Gasteiger partial charge in [0, 0.05) is 32.8 Å². The Morgan fingerprint density at radius 2 is 1.83 bits per heavy atom. The smallest absolute Gasteiger partial charge is 0.251 e. The van der Waals surface area contributed by atoms with Gasteiger partial charge in [-0.1, -0.05) is 24.3 Å². The van der Waals surface area contributed by atoms with Gasteiger partial charge >= 0.3 is 0 Å². The Labute approximate surface area is 143 Å². The predicted molar refractivity (Wildman–Crippen MR) is 91.6 cm³/mol. The summed E-state index contributed by atoms with van der Waals surface area (Å²) < 4.78 is 5.50. The molecule has 0 spiro atoms. The van der Waals surface area contributed by atoms with Gasteiger partial charge in [0.1, 0.15) is 6.10 Å². The van der Waals surface area contributed by atoms with Gasteiger partial charge in [0.05, 0.1) is 6.42 Å². The number of aryl methyl sites for hydroxylation is 1. The van der Waals surface area contributed by atoms with Crippen molar-refractivity contribution >= 4 is 11.8 Å². The number of benzene rings is 1. The Morgan fingerprint density at radius 1 is 1.08 bits per heavy atom. The van der Waals surface area contributed by atoms with Crippen LogP contribution in [0.4, 0.5) is 0 Å². The summed E-state index contributed by atoms with van der Waals surface area (Å²) in [6, 6.07) is 8.01. The lowest BCUT2D eigenvalue weighted by molar-refractivity contribution is -0.141. The minimum absolute atomic E-state index is 0.0979. The molecule has 3 rings (SSSR count). The Bertz CT molecular complexity index is 596. The van der Waals surface area contributed by atoms with Crippen LogP contribution in [-0.4, -0.2) is 60.5 Å². The molecule has 1 aromatic rings. The second kappa shape index (κ2) is 7.79. The van der Waals surface area contributed by atoms with Crippen molar-refractivity contribution in [3.05, 3.63) is 35.4 Å². The first kappa shape index (κ1) is 17.0. The molecule has 2 aliphatic heterocycles. The number of carbonyl (C=O) groups is 2. The minimum Gasteiger partial charge on any atom is -0.368 e. The van der Waals surface area contributed by atoms with E-state index >= 15 is 0 Å². The van der Waals surface area contributed by atoms with Crippen LogP contribution < -0.4 is 0 Å². The van der Waals surface area contributed by atoms with Gasteiger partial charge in [-0.3, -0.25) is 9.59 Å². The standard InChI is InChI=1S/C19H26N2O3/c1-15-6-2-3-7-16(15)14-18(22)20-9-5-10-21(12-11-20)19(23)17-8-4-13-24-17/h2-3,6-7,17H,4-5,8-14H2,1H3. The highest BCUT2D eigenvalue weighted by molar-refractivity contribution is 5.82. The maximum absolute atomic E-state index is 12.6. The average molecular weight is 330 g/mol. The van der Waals surface area contributed by atoms with E-state index < -0.39 is 0 Å². The van der Waals surface area contributed by atoms with Crippen molar-refractivity contribution in [2.45, 2.75) is 38.7 Å². The molecule has 0 aromatic heterocycles. The summed E-state index contributed by atoms with van der Waals surface area (Å²) in [6.45, 7) is 5.38. The monoisotopic (exact) mass is 330 g/mol. The molecule has 2 aliphatic rings. The Kier molecular flexibility index (Phi) is 5.51. The third-order valence-corrected chi connectivity index (χ3v) is 4.97. The first-order valence-electron chi connectivity index (χ1n) is 8.88. The van der Waals surface area contributed by atoms with Crippen LogP contribution in [0.3, 0.4) is 0 Å². The highest BCUT2D eigenvalue weighted by atomic mass is 16.5.